The van der Waals surface area contributed by atoms with Gasteiger partial charge in [-0.3, -0.25) is 4.79 Å². The molecule has 1 N–H and O–H groups in total. The average molecular weight is 213 g/mol. The van der Waals surface area contributed by atoms with Crippen LogP contribution in [0.25, 0.3) is 0 Å². The predicted molar refractivity (Wildman–Crippen MR) is 55.5 cm³/mol. The summed E-state index contributed by atoms with van der Waals surface area (Å²) in [6.07, 6.45) is 3.31. The Balaban J connectivity index is 1.84. The monoisotopic (exact) mass is 213 g/mol. The van der Waals surface area contributed by atoms with Gasteiger partial charge in [0.2, 0.25) is 5.91 Å². The number of carbonyl (C=O) groups is 1. The molecule has 2 rings (SSSR count). The van der Waals surface area contributed by atoms with Gasteiger partial charge in [-0.05, 0) is 32.1 Å². The van der Waals surface area contributed by atoms with E-state index in [4.69, 9.17) is 9.47 Å². The molecule has 0 radical (unpaired) electrons. The molecule has 4 nitrogen and oxygen atoms in total. The molecular formula is C11H19NO3. The minimum atomic E-state index is -0.370. The number of hydrogen-bond donors (Lipinski definition) is 1. The molecule has 2 fully saturated rings. The highest BCUT2D eigenvalue weighted by molar-refractivity contribution is 5.80. The van der Waals surface area contributed by atoms with E-state index in [1.165, 1.54) is 12.8 Å². The van der Waals surface area contributed by atoms with Gasteiger partial charge in [0, 0.05) is 13.7 Å². The SMILES string of the molecule is COC(C)C(=O)NC1CCOC1C1CC1. The van der Waals surface area contributed by atoms with Gasteiger partial charge in [-0.25, -0.2) is 0 Å². The molecule has 0 bridgehead atoms. The van der Waals surface area contributed by atoms with Crippen LogP contribution in [0.1, 0.15) is 26.2 Å². The minimum absolute atomic E-state index is 0.0290. The zero-order chi connectivity index (χ0) is 10.8. The molecule has 86 valence electrons. The van der Waals surface area contributed by atoms with E-state index in [1.807, 2.05) is 0 Å². The first-order valence-corrected chi connectivity index (χ1v) is 5.67. The van der Waals surface area contributed by atoms with Crippen molar-refractivity contribution in [1.82, 2.24) is 5.32 Å². The van der Waals surface area contributed by atoms with Crippen LogP contribution in [0.2, 0.25) is 0 Å². The molecule has 1 saturated carbocycles. The summed E-state index contributed by atoms with van der Waals surface area (Å²) in [6.45, 7) is 2.53. The van der Waals surface area contributed by atoms with E-state index < -0.39 is 0 Å². The molecule has 0 aromatic rings. The third-order valence-electron chi connectivity index (χ3n) is 3.27. The Labute approximate surface area is 90.3 Å². The lowest BCUT2D eigenvalue weighted by atomic mass is 10.1. The van der Waals surface area contributed by atoms with Gasteiger partial charge in [-0.2, -0.15) is 0 Å². The number of nitrogens with one attached hydrogen (secondary N) is 1. The summed E-state index contributed by atoms with van der Waals surface area (Å²) in [5.74, 6) is 0.648. The summed E-state index contributed by atoms with van der Waals surface area (Å²) in [4.78, 5) is 11.6. The summed E-state index contributed by atoms with van der Waals surface area (Å²) < 4.78 is 10.6. The van der Waals surface area contributed by atoms with Crippen LogP contribution in [-0.2, 0) is 14.3 Å². The van der Waals surface area contributed by atoms with Gasteiger partial charge in [0.25, 0.3) is 0 Å². The maximum Gasteiger partial charge on any atom is 0.249 e. The molecule has 1 amide bonds. The van der Waals surface area contributed by atoms with Gasteiger partial charge < -0.3 is 14.8 Å². The van der Waals surface area contributed by atoms with Crippen molar-refractivity contribution in [3.05, 3.63) is 0 Å². The Morgan fingerprint density at radius 2 is 2.20 bits per heavy atom. The van der Waals surface area contributed by atoms with Gasteiger partial charge in [0.15, 0.2) is 0 Å². The maximum absolute atomic E-state index is 11.6. The molecule has 3 atom stereocenters. The average Bonchev–Trinajstić information content (AvgIpc) is 2.99. The van der Waals surface area contributed by atoms with Crippen molar-refractivity contribution in [2.45, 2.75) is 44.4 Å². The van der Waals surface area contributed by atoms with Crippen molar-refractivity contribution >= 4 is 5.91 Å². The predicted octanol–water partition coefficient (Wildman–Crippen LogP) is 0.705. The van der Waals surface area contributed by atoms with Gasteiger partial charge >= 0.3 is 0 Å². The number of carbonyl (C=O) groups excluding carboxylic acids is 1. The fourth-order valence-corrected chi connectivity index (χ4v) is 2.06. The molecule has 0 spiro atoms. The van der Waals surface area contributed by atoms with Crippen molar-refractivity contribution in [3.8, 4) is 0 Å². The molecule has 1 heterocycles. The summed E-state index contributed by atoms with van der Waals surface area (Å²) >= 11 is 0. The van der Waals surface area contributed by atoms with E-state index >= 15 is 0 Å². The Morgan fingerprint density at radius 1 is 1.47 bits per heavy atom. The van der Waals surface area contributed by atoms with E-state index in [-0.39, 0.29) is 24.2 Å². The lowest BCUT2D eigenvalue weighted by Gasteiger charge is -2.21. The number of amides is 1. The first kappa shape index (κ1) is 10.9. The highest BCUT2D eigenvalue weighted by atomic mass is 16.5. The first-order valence-electron chi connectivity index (χ1n) is 5.67. The molecule has 1 aliphatic heterocycles. The third kappa shape index (κ3) is 2.49. The number of hydrogen-bond acceptors (Lipinski definition) is 3. The summed E-state index contributed by atoms with van der Waals surface area (Å²) in [5, 5.41) is 3.01. The second-order valence-corrected chi connectivity index (χ2v) is 4.45. The summed E-state index contributed by atoms with van der Waals surface area (Å²) in [6, 6.07) is 0.197. The Hall–Kier alpha value is -0.610. The zero-order valence-corrected chi connectivity index (χ0v) is 9.36. The van der Waals surface area contributed by atoms with Crippen LogP contribution < -0.4 is 5.32 Å². The van der Waals surface area contributed by atoms with Crippen LogP contribution in [-0.4, -0.2) is 37.9 Å². The first-order chi connectivity index (χ1) is 7.22. The molecule has 3 unspecified atom stereocenters. The summed E-state index contributed by atoms with van der Waals surface area (Å²) in [7, 11) is 1.55. The fourth-order valence-electron chi connectivity index (χ4n) is 2.06. The second-order valence-electron chi connectivity index (χ2n) is 4.45. The van der Waals surface area contributed by atoms with Gasteiger partial charge in [-0.15, -0.1) is 0 Å². The van der Waals surface area contributed by atoms with E-state index in [0.29, 0.717) is 5.92 Å². The van der Waals surface area contributed by atoms with Crippen LogP contribution in [0.15, 0.2) is 0 Å². The molecule has 15 heavy (non-hydrogen) atoms. The second kappa shape index (κ2) is 4.49. The van der Waals surface area contributed by atoms with Crippen LogP contribution in [0.4, 0.5) is 0 Å². The lowest BCUT2D eigenvalue weighted by Crippen LogP contribution is -2.45. The topological polar surface area (TPSA) is 47.6 Å². The minimum Gasteiger partial charge on any atom is -0.376 e. The molecular weight excluding hydrogens is 194 g/mol. The Kier molecular flexibility index (Phi) is 3.26. The van der Waals surface area contributed by atoms with Gasteiger partial charge in [-0.1, -0.05) is 0 Å². The number of ether oxygens (including phenoxy) is 2. The number of rotatable bonds is 4. The standard InChI is InChI=1S/C11H19NO3/c1-7(14-2)11(13)12-9-5-6-15-10(9)8-3-4-8/h7-10H,3-6H2,1-2H3,(H,12,13). The van der Waals surface area contributed by atoms with Crippen LogP contribution >= 0.6 is 0 Å². The van der Waals surface area contributed by atoms with E-state index in [2.05, 4.69) is 5.32 Å². The Morgan fingerprint density at radius 3 is 2.80 bits per heavy atom. The zero-order valence-electron chi connectivity index (χ0n) is 9.36. The molecule has 4 heteroatoms. The molecule has 1 aliphatic carbocycles. The summed E-state index contributed by atoms with van der Waals surface area (Å²) in [5.41, 5.74) is 0. The molecule has 1 saturated heterocycles. The number of methoxy groups -OCH3 is 1. The van der Waals surface area contributed by atoms with Crippen molar-refractivity contribution in [3.63, 3.8) is 0 Å². The van der Waals surface area contributed by atoms with Crippen molar-refractivity contribution in [2.24, 2.45) is 5.92 Å². The lowest BCUT2D eigenvalue weighted by molar-refractivity contribution is -0.131. The smallest absolute Gasteiger partial charge is 0.249 e. The van der Waals surface area contributed by atoms with Crippen LogP contribution in [0.3, 0.4) is 0 Å². The highest BCUT2D eigenvalue weighted by Gasteiger charge is 2.41. The van der Waals surface area contributed by atoms with Gasteiger partial charge in [0.05, 0.1) is 12.1 Å². The van der Waals surface area contributed by atoms with Crippen molar-refractivity contribution in [1.29, 1.82) is 0 Å². The largest absolute Gasteiger partial charge is 0.376 e. The van der Waals surface area contributed by atoms with Crippen LogP contribution in [0, 0.1) is 5.92 Å². The Bertz CT molecular complexity index is 240. The molecule has 2 aliphatic rings. The van der Waals surface area contributed by atoms with Crippen LogP contribution in [0.5, 0.6) is 0 Å². The van der Waals surface area contributed by atoms with E-state index in [1.54, 1.807) is 14.0 Å². The van der Waals surface area contributed by atoms with E-state index in [0.717, 1.165) is 13.0 Å². The third-order valence-corrected chi connectivity index (χ3v) is 3.27. The van der Waals surface area contributed by atoms with Crippen molar-refractivity contribution in [2.75, 3.05) is 13.7 Å². The quantitative estimate of drug-likeness (QED) is 0.748. The molecule has 0 aromatic carbocycles. The molecule has 0 aromatic heterocycles. The fraction of sp³-hybridized carbons (Fsp3) is 0.909. The maximum atomic E-state index is 11.6. The van der Waals surface area contributed by atoms with Crippen molar-refractivity contribution < 1.29 is 14.3 Å². The highest BCUT2D eigenvalue weighted by Crippen LogP contribution is 2.38. The van der Waals surface area contributed by atoms with E-state index in [9.17, 15) is 4.79 Å². The van der Waals surface area contributed by atoms with Gasteiger partial charge in [0.1, 0.15) is 6.10 Å². The normalized spacial score (nSPS) is 32.7.